The van der Waals surface area contributed by atoms with Crippen LogP contribution in [-0.4, -0.2) is 12.3 Å². The third kappa shape index (κ3) is 3.61. The van der Waals surface area contributed by atoms with E-state index in [1.54, 1.807) is 6.92 Å². The highest BCUT2D eigenvalue weighted by Crippen LogP contribution is 1.88. The molecule has 0 saturated carbocycles. The molecule has 8 heavy (non-hydrogen) atoms. The van der Waals surface area contributed by atoms with Crippen molar-refractivity contribution >= 4 is 5.97 Å². The molecule has 1 unspecified atom stereocenters. The Morgan fingerprint density at radius 2 is 2.25 bits per heavy atom. The van der Waals surface area contributed by atoms with E-state index < -0.39 is 12.3 Å². The average Bonchev–Trinajstić information content (AvgIpc) is 1.65. The number of rotatable bonds is 2. The highest BCUT2D eigenvalue weighted by atomic mass is 16.6. The quantitative estimate of drug-likeness (QED) is 0.395. The summed E-state index contributed by atoms with van der Waals surface area (Å²) >= 11 is 0. The molecule has 0 heterocycles. The first-order valence-electron chi connectivity index (χ1n) is 2.52. The van der Waals surface area contributed by atoms with Crippen molar-refractivity contribution in [3.8, 4) is 0 Å². The van der Waals surface area contributed by atoms with Crippen molar-refractivity contribution in [2.45, 2.75) is 26.6 Å². The summed E-state index contributed by atoms with van der Waals surface area (Å²) in [4.78, 5) is 10.2. The van der Waals surface area contributed by atoms with Gasteiger partial charge in [-0.15, -0.1) is 0 Å². The molecule has 1 radical (unpaired) electrons. The monoisotopic (exact) mass is 117 g/mol. The van der Waals surface area contributed by atoms with Gasteiger partial charge >= 0.3 is 5.97 Å². The second kappa shape index (κ2) is 3.43. The Labute approximate surface area is 48.3 Å². The minimum absolute atomic E-state index is 0.270. The van der Waals surface area contributed by atoms with Crippen molar-refractivity contribution < 1.29 is 14.6 Å². The Balaban J connectivity index is 3.25. The molecule has 0 bridgehead atoms. The third-order valence-corrected chi connectivity index (χ3v) is 0.586. The molecule has 0 amide bonds. The number of carbonyl (C=O) groups is 1. The number of hydrogen-bond acceptors (Lipinski definition) is 2. The van der Waals surface area contributed by atoms with Crippen LogP contribution in [0.4, 0.5) is 0 Å². The van der Waals surface area contributed by atoms with Gasteiger partial charge in [-0.3, -0.25) is 4.79 Å². The van der Waals surface area contributed by atoms with Gasteiger partial charge in [0.2, 0.25) is 6.29 Å². The van der Waals surface area contributed by atoms with Crippen LogP contribution in [0.25, 0.3) is 0 Å². The van der Waals surface area contributed by atoms with Crippen LogP contribution in [0, 0.1) is 0 Å². The summed E-state index contributed by atoms with van der Waals surface area (Å²) in [6.07, 6.45) is -0.950. The van der Waals surface area contributed by atoms with Gasteiger partial charge in [-0.25, -0.2) is 0 Å². The van der Waals surface area contributed by atoms with Crippen LogP contribution < -0.4 is 0 Å². The fraction of sp³-hybridized carbons (Fsp3) is 0.800. The van der Waals surface area contributed by atoms with Gasteiger partial charge in [0.1, 0.15) is 0 Å². The maximum absolute atomic E-state index is 10.2. The van der Waals surface area contributed by atoms with E-state index in [0.717, 1.165) is 0 Å². The van der Waals surface area contributed by atoms with Gasteiger partial charge in [0.15, 0.2) is 0 Å². The van der Waals surface area contributed by atoms with Gasteiger partial charge in [0, 0.05) is 13.3 Å². The Bertz CT molecular complexity index is 77.7. The Morgan fingerprint density at radius 1 is 1.75 bits per heavy atom. The third-order valence-electron chi connectivity index (χ3n) is 0.586. The zero-order valence-corrected chi connectivity index (χ0v) is 5.01. The van der Waals surface area contributed by atoms with Gasteiger partial charge in [0.05, 0.1) is 0 Å². The van der Waals surface area contributed by atoms with E-state index in [4.69, 9.17) is 0 Å². The van der Waals surface area contributed by atoms with Crippen molar-refractivity contribution in [2.75, 3.05) is 0 Å². The standard InChI is InChI=1S/C5H9O3/c1-3-5(7)8-4(2)6/h4H,3H2,1-2H3. The topological polar surface area (TPSA) is 46.2 Å². The van der Waals surface area contributed by atoms with E-state index in [1.165, 1.54) is 6.92 Å². The van der Waals surface area contributed by atoms with Gasteiger partial charge in [0.25, 0.3) is 0 Å². The summed E-state index contributed by atoms with van der Waals surface area (Å²) in [6.45, 7) is 2.93. The second-order valence-corrected chi connectivity index (χ2v) is 1.41. The fourth-order valence-electron chi connectivity index (χ4n) is 0.268. The second-order valence-electron chi connectivity index (χ2n) is 1.41. The number of ether oxygens (including phenoxy) is 1. The molecule has 1 atom stereocenters. The molecule has 3 nitrogen and oxygen atoms in total. The molecule has 0 saturated heterocycles. The normalized spacial score (nSPS) is 12.9. The minimum Gasteiger partial charge on any atom is -0.433 e. The predicted octanol–water partition coefficient (Wildman–Crippen LogP) is 0.716. The van der Waals surface area contributed by atoms with Crippen LogP contribution in [0.1, 0.15) is 20.3 Å². The van der Waals surface area contributed by atoms with Gasteiger partial charge in [-0.2, -0.15) is 5.11 Å². The summed E-state index contributed by atoms with van der Waals surface area (Å²) in [5.41, 5.74) is 0. The molecule has 0 aliphatic heterocycles. The van der Waals surface area contributed by atoms with E-state index in [9.17, 15) is 9.90 Å². The molecule has 0 spiro atoms. The van der Waals surface area contributed by atoms with Crippen molar-refractivity contribution in [2.24, 2.45) is 0 Å². The van der Waals surface area contributed by atoms with E-state index in [0.29, 0.717) is 0 Å². The van der Waals surface area contributed by atoms with Crippen molar-refractivity contribution in [1.82, 2.24) is 0 Å². The first-order valence-corrected chi connectivity index (χ1v) is 2.52. The van der Waals surface area contributed by atoms with Crippen LogP contribution >= 0.6 is 0 Å². The van der Waals surface area contributed by atoms with E-state index in [1.807, 2.05) is 0 Å². The Kier molecular flexibility index (Phi) is 3.19. The molecule has 0 aliphatic rings. The fourth-order valence-corrected chi connectivity index (χ4v) is 0.268. The highest BCUT2D eigenvalue weighted by molar-refractivity contribution is 5.68. The molecule has 0 N–H and O–H groups in total. The van der Waals surface area contributed by atoms with Crippen LogP contribution in [-0.2, 0) is 14.6 Å². The first-order chi connectivity index (χ1) is 3.66. The number of esters is 1. The van der Waals surface area contributed by atoms with E-state index in [2.05, 4.69) is 4.74 Å². The average molecular weight is 117 g/mol. The Morgan fingerprint density at radius 3 is 2.38 bits per heavy atom. The van der Waals surface area contributed by atoms with Crippen molar-refractivity contribution in [1.29, 1.82) is 0 Å². The minimum atomic E-state index is -1.22. The van der Waals surface area contributed by atoms with Crippen LogP contribution in [0.2, 0.25) is 0 Å². The number of carbonyl (C=O) groups excluding carboxylic acids is 1. The summed E-state index contributed by atoms with van der Waals surface area (Å²) in [5, 5.41) is 10.1. The van der Waals surface area contributed by atoms with Crippen molar-refractivity contribution in [3.63, 3.8) is 0 Å². The zero-order valence-electron chi connectivity index (χ0n) is 5.01. The molecular formula is C5H9O3. The maximum atomic E-state index is 10.2. The van der Waals surface area contributed by atoms with Crippen LogP contribution in [0.15, 0.2) is 0 Å². The molecule has 0 aromatic heterocycles. The first kappa shape index (κ1) is 7.43. The number of hydrogen-bond donors (Lipinski definition) is 0. The molecule has 0 aliphatic carbocycles. The molecule has 0 aromatic rings. The van der Waals surface area contributed by atoms with Crippen LogP contribution in [0.3, 0.4) is 0 Å². The molecule has 0 fully saturated rings. The predicted molar refractivity (Wildman–Crippen MR) is 26.5 cm³/mol. The van der Waals surface area contributed by atoms with Crippen molar-refractivity contribution in [3.05, 3.63) is 0 Å². The summed E-state index contributed by atoms with van der Waals surface area (Å²) < 4.78 is 4.20. The lowest BCUT2D eigenvalue weighted by atomic mass is 10.5. The largest absolute Gasteiger partial charge is 0.433 e. The van der Waals surface area contributed by atoms with Gasteiger partial charge in [-0.1, -0.05) is 6.92 Å². The maximum Gasteiger partial charge on any atom is 0.307 e. The highest BCUT2D eigenvalue weighted by Gasteiger charge is 2.01. The zero-order chi connectivity index (χ0) is 6.57. The molecule has 0 rings (SSSR count). The van der Waals surface area contributed by atoms with E-state index >= 15 is 0 Å². The molecule has 47 valence electrons. The lowest BCUT2D eigenvalue weighted by molar-refractivity contribution is -0.173. The lowest BCUT2D eigenvalue weighted by Crippen LogP contribution is -2.10. The van der Waals surface area contributed by atoms with Gasteiger partial charge < -0.3 is 4.74 Å². The molecule has 0 aromatic carbocycles. The van der Waals surface area contributed by atoms with Gasteiger partial charge in [-0.05, 0) is 0 Å². The smallest absolute Gasteiger partial charge is 0.307 e. The SMILES string of the molecule is CCC(=O)OC(C)[O]. The summed E-state index contributed by atoms with van der Waals surface area (Å²) in [7, 11) is 0. The lowest BCUT2D eigenvalue weighted by Gasteiger charge is -2.00. The van der Waals surface area contributed by atoms with E-state index in [-0.39, 0.29) is 6.42 Å². The molecule has 3 heteroatoms. The summed E-state index contributed by atoms with van der Waals surface area (Å²) in [6, 6.07) is 0. The summed E-state index contributed by atoms with van der Waals surface area (Å²) in [5.74, 6) is -0.437. The molecular weight excluding hydrogens is 108 g/mol. The van der Waals surface area contributed by atoms with Crippen LogP contribution in [0.5, 0.6) is 0 Å². The Hall–Kier alpha value is -0.570.